The van der Waals surface area contributed by atoms with Crippen LogP contribution in [0, 0.1) is 0 Å². The molecule has 0 N–H and O–H groups in total. The van der Waals surface area contributed by atoms with Gasteiger partial charge in [0, 0.05) is 73.2 Å². The number of fused-ring (bicyclic) bond motifs is 13. The molecule has 0 saturated carbocycles. The summed E-state index contributed by atoms with van der Waals surface area (Å²) in [6.45, 7) is 0. The average Bonchev–Trinajstić information content (AvgIpc) is 4.08. The van der Waals surface area contributed by atoms with Crippen molar-refractivity contribution < 1.29 is 0 Å². The van der Waals surface area contributed by atoms with Gasteiger partial charge in [0.05, 0.1) is 16.7 Å². The van der Waals surface area contributed by atoms with Crippen molar-refractivity contribution in [2.45, 2.75) is 0 Å². The molecule has 6 heteroatoms. The summed E-state index contributed by atoms with van der Waals surface area (Å²) in [4.78, 5) is 16.6. The number of hydrogen-bond donors (Lipinski definition) is 0. The van der Waals surface area contributed by atoms with Crippen molar-refractivity contribution in [2.75, 3.05) is 0 Å². The van der Waals surface area contributed by atoms with Gasteiger partial charge in [0.25, 0.3) is 0 Å². The van der Waals surface area contributed by atoms with Gasteiger partial charge in [-0.05, 0) is 86.6 Å². The number of nitrogens with zero attached hydrogens (tertiary/aromatic N) is 4. The lowest BCUT2D eigenvalue weighted by molar-refractivity contribution is 1.07. The molecule has 11 aromatic carbocycles. The lowest BCUT2D eigenvalue weighted by Crippen LogP contribution is -2.04. The van der Waals surface area contributed by atoms with Gasteiger partial charge in [-0.1, -0.05) is 170 Å². The SMILES string of the molecule is c1ccc(-c2ccc(-c3nc(-c4ccc5sc6cc7ccccc7cc6c5c4-n4c5cc6ccccc6cc5c5ccc6ccccc6c54)nc(-c4cccc5sc6ccccc6c45)n3)cc2)cc1. The Labute approximate surface area is 403 Å². The molecule has 0 aliphatic rings. The smallest absolute Gasteiger partial charge is 0.166 e. The third-order valence-corrected chi connectivity index (χ3v) is 16.2. The lowest BCUT2D eigenvalue weighted by Gasteiger charge is -2.17. The Hall–Kier alpha value is -8.55. The maximum absolute atomic E-state index is 5.64. The molecule has 69 heavy (non-hydrogen) atoms. The first-order valence-corrected chi connectivity index (χ1v) is 24.9. The largest absolute Gasteiger partial charge is 0.307 e. The van der Waals surface area contributed by atoms with Gasteiger partial charge < -0.3 is 4.57 Å². The first-order valence-electron chi connectivity index (χ1n) is 23.2. The normalized spacial score (nSPS) is 12.1. The first kappa shape index (κ1) is 38.5. The molecular weight excluding hydrogens is 877 g/mol. The minimum absolute atomic E-state index is 0.617. The predicted octanol–water partition coefficient (Wildman–Crippen LogP) is 17.8. The highest BCUT2D eigenvalue weighted by atomic mass is 32.1. The molecule has 15 aromatic rings. The van der Waals surface area contributed by atoms with Crippen molar-refractivity contribution in [1.82, 2.24) is 19.5 Å². The molecule has 0 saturated heterocycles. The van der Waals surface area contributed by atoms with Gasteiger partial charge in [-0.3, -0.25) is 0 Å². The Morgan fingerprint density at radius 1 is 0.304 bits per heavy atom. The predicted molar refractivity (Wildman–Crippen MR) is 294 cm³/mol. The molecule has 4 heterocycles. The van der Waals surface area contributed by atoms with Crippen molar-refractivity contribution in [3.05, 3.63) is 218 Å². The van der Waals surface area contributed by atoms with Crippen LogP contribution in [0.4, 0.5) is 0 Å². The fourth-order valence-corrected chi connectivity index (χ4v) is 13.1. The van der Waals surface area contributed by atoms with Crippen molar-refractivity contribution in [3.8, 4) is 51.0 Å². The molecular formula is C63H36N4S2. The maximum Gasteiger partial charge on any atom is 0.166 e. The molecule has 0 aliphatic carbocycles. The van der Waals surface area contributed by atoms with E-state index < -0.39 is 0 Å². The average molecular weight is 913 g/mol. The van der Waals surface area contributed by atoms with Crippen LogP contribution in [0.3, 0.4) is 0 Å². The molecule has 0 aliphatic heterocycles. The third-order valence-electron chi connectivity index (χ3n) is 14.0. The molecule has 4 nitrogen and oxygen atoms in total. The van der Waals surface area contributed by atoms with Crippen molar-refractivity contribution in [2.24, 2.45) is 0 Å². The molecule has 0 fully saturated rings. The van der Waals surface area contributed by atoms with Gasteiger partial charge >= 0.3 is 0 Å². The highest BCUT2D eigenvalue weighted by Crippen LogP contribution is 2.48. The van der Waals surface area contributed by atoms with Gasteiger partial charge in [0.15, 0.2) is 17.5 Å². The second-order valence-electron chi connectivity index (χ2n) is 17.9. The van der Waals surface area contributed by atoms with Crippen molar-refractivity contribution in [1.29, 1.82) is 0 Å². The number of thiophene rings is 2. The molecule has 4 aromatic heterocycles. The molecule has 0 unspecified atom stereocenters. The summed E-state index contributed by atoms with van der Waals surface area (Å²) in [6.07, 6.45) is 0. The zero-order valence-corrected chi connectivity index (χ0v) is 38.5. The summed E-state index contributed by atoms with van der Waals surface area (Å²) >= 11 is 3.65. The van der Waals surface area contributed by atoms with E-state index >= 15 is 0 Å². The van der Waals surface area contributed by atoms with Gasteiger partial charge in [0.1, 0.15) is 0 Å². The van der Waals surface area contributed by atoms with Crippen LogP contribution < -0.4 is 0 Å². The highest BCUT2D eigenvalue weighted by Gasteiger charge is 2.26. The van der Waals surface area contributed by atoms with Gasteiger partial charge in [-0.15, -0.1) is 22.7 Å². The van der Waals surface area contributed by atoms with Crippen molar-refractivity contribution in [3.63, 3.8) is 0 Å². The monoisotopic (exact) mass is 912 g/mol. The minimum Gasteiger partial charge on any atom is -0.307 e. The summed E-state index contributed by atoms with van der Waals surface area (Å²) in [5.74, 6) is 1.88. The summed E-state index contributed by atoms with van der Waals surface area (Å²) in [5.41, 5.74) is 8.50. The summed E-state index contributed by atoms with van der Waals surface area (Å²) < 4.78 is 7.43. The Morgan fingerprint density at radius 2 is 0.884 bits per heavy atom. The van der Waals surface area contributed by atoms with E-state index in [4.69, 9.17) is 15.0 Å². The lowest BCUT2D eigenvalue weighted by atomic mass is 10.0. The molecule has 0 spiro atoms. The molecule has 0 atom stereocenters. The molecule has 320 valence electrons. The van der Waals surface area contributed by atoms with E-state index in [1.54, 1.807) is 11.3 Å². The van der Waals surface area contributed by atoms with E-state index in [0.717, 1.165) is 49.9 Å². The van der Waals surface area contributed by atoms with E-state index in [-0.39, 0.29) is 0 Å². The molecule has 0 amide bonds. The van der Waals surface area contributed by atoms with Gasteiger partial charge in [-0.2, -0.15) is 0 Å². The Morgan fingerprint density at radius 3 is 1.68 bits per heavy atom. The van der Waals surface area contributed by atoms with Gasteiger partial charge in [-0.25, -0.2) is 15.0 Å². The van der Waals surface area contributed by atoms with Crippen LogP contribution in [0.25, 0.3) is 145 Å². The summed E-state index contributed by atoms with van der Waals surface area (Å²) in [5, 5.41) is 14.4. The number of benzene rings is 11. The van der Waals surface area contributed by atoms with Gasteiger partial charge in [0.2, 0.25) is 0 Å². The summed E-state index contributed by atoms with van der Waals surface area (Å²) in [6, 6.07) is 79.2. The topological polar surface area (TPSA) is 43.6 Å². The Kier molecular flexibility index (Phi) is 8.37. The highest BCUT2D eigenvalue weighted by molar-refractivity contribution is 7.26. The zero-order valence-electron chi connectivity index (χ0n) is 36.9. The zero-order chi connectivity index (χ0) is 45.2. The molecule has 15 rings (SSSR count). The fraction of sp³-hybridized carbons (Fsp3) is 0. The van der Waals surface area contributed by atoms with E-state index in [1.807, 2.05) is 11.3 Å². The number of rotatable bonds is 5. The minimum atomic E-state index is 0.617. The number of hydrogen-bond acceptors (Lipinski definition) is 5. The second-order valence-corrected chi connectivity index (χ2v) is 20.1. The van der Waals surface area contributed by atoms with E-state index in [2.05, 4.69) is 223 Å². The fourth-order valence-electron chi connectivity index (χ4n) is 10.8. The summed E-state index contributed by atoms with van der Waals surface area (Å²) in [7, 11) is 0. The second kappa shape index (κ2) is 15.0. The third kappa shape index (κ3) is 5.96. The van der Waals surface area contributed by atoms with Crippen molar-refractivity contribution >= 4 is 117 Å². The first-order chi connectivity index (χ1) is 34.2. The molecule has 0 radical (unpaired) electrons. The van der Waals surface area contributed by atoms with Crippen LogP contribution in [0.15, 0.2) is 218 Å². The maximum atomic E-state index is 5.64. The van der Waals surface area contributed by atoms with Crippen LogP contribution in [0.2, 0.25) is 0 Å². The van der Waals surface area contributed by atoms with E-state index in [0.29, 0.717) is 17.5 Å². The van der Waals surface area contributed by atoms with E-state index in [1.165, 1.54) is 78.0 Å². The Balaban J connectivity index is 1.10. The van der Waals surface area contributed by atoms with Crippen LogP contribution in [-0.2, 0) is 0 Å². The quantitative estimate of drug-likeness (QED) is 0.173. The Bertz CT molecular complexity index is 4600. The van der Waals surface area contributed by atoms with Crippen LogP contribution in [-0.4, -0.2) is 19.5 Å². The van der Waals surface area contributed by atoms with Crippen LogP contribution in [0.5, 0.6) is 0 Å². The van der Waals surface area contributed by atoms with E-state index in [9.17, 15) is 0 Å². The van der Waals surface area contributed by atoms with Crippen LogP contribution >= 0.6 is 22.7 Å². The molecule has 0 bridgehead atoms. The standard InChI is InChI=1S/C63H36N4S2/c1-2-13-37(14-3-1)38-25-27-40(28-26-38)61-64-62(48-22-12-24-54-57(48)47-21-10-11-23-53(47)68-54)66-63(65-61)49-31-32-55-58(51-34-42-17-5-7-19-44(42)36-56(51)69-55)60(49)67-52-35-43-18-6-4-16-41(43)33-50(52)46-30-29-39-15-8-9-20-45(39)59(46)67/h1-36H. The number of aromatic nitrogens is 4. The van der Waals surface area contributed by atoms with Crippen LogP contribution in [0.1, 0.15) is 0 Å².